The van der Waals surface area contributed by atoms with Gasteiger partial charge >= 0.3 is 0 Å². The van der Waals surface area contributed by atoms with E-state index < -0.39 is 0 Å². The molecule has 1 saturated carbocycles. The Labute approximate surface area is 102 Å². The van der Waals surface area contributed by atoms with Gasteiger partial charge < -0.3 is 9.80 Å². The number of hydrogen-bond acceptors (Lipinski definition) is 2. The summed E-state index contributed by atoms with van der Waals surface area (Å²) in [7, 11) is 2.23. The van der Waals surface area contributed by atoms with Gasteiger partial charge in [-0.05, 0) is 32.2 Å². The third kappa shape index (κ3) is 3.72. The molecule has 2 rings (SSSR count). The Morgan fingerprint density at radius 2 is 1.87 bits per heavy atom. The van der Waals surface area contributed by atoms with Gasteiger partial charge in [0, 0.05) is 37.6 Å². The van der Waals surface area contributed by atoms with E-state index in [4.69, 9.17) is 0 Å². The van der Waals surface area contributed by atoms with Crippen molar-refractivity contribution in [2.45, 2.75) is 30.5 Å². The van der Waals surface area contributed by atoms with E-state index in [1.807, 2.05) is 0 Å². The maximum Gasteiger partial charge on any atom is 0.0148 e. The van der Waals surface area contributed by atoms with Gasteiger partial charge in [-0.1, -0.05) is 22.4 Å². The predicted octanol–water partition coefficient (Wildman–Crippen LogP) is 2.19. The molecule has 1 aliphatic carbocycles. The number of hydrogen-bond donors (Lipinski definition) is 0. The average Bonchev–Trinajstić information content (AvgIpc) is 2.22. The smallest absolute Gasteiger partial charge is 0.0148 e. The Bertz CT molecular complexity index is 190. The van der Waals surface area contributed by atoms with E-state index in [0.717, 1.165) is 10.7 Å². The van der Waals surface area contributed by atoms with Crippen molar-refractivity contribution in [3.05, 3.63) is 0 Å². The topological polar surface area (TPSA) is 6.48 Å². The lowest BCUT2D eigenvalue weighted by Crippen LogP contribution is -2.46. The molecular formula is C12H23BrN2. The second-order valence-corrected chi connectivity index (χ2v) is 6.53. The van der Waals surface area contributed by atoms with E-state index in [0.29, 0.717) is 0 Å². The third-order valence-corrected chi connectivity index (χ3v) is 4.66. The number of halogens is 1. The minimum atomic E-state index is 0.795. The van der Waals surface area contributed by atoms with Crippen LogP contribution in [0.1, 0.15) is 25.7 Å². The Kier molecular flexibility index (Phi) is 4.47. The molecule has 0 bridgehead atoms. The third-order valence-electron chi connectivity index (χ3n) is 3.83. The van der Waals surface area contributed by atoms with Crippen molar-refractivity contribution < 1.29 is 0 Å². The molecule has 2 nitrogen and oxygen atoms in total. The van der Waals surface area contributed by atoms with Gasteiger partial charge in [-0.15, -0.1) is 0 Å². The highest BCUT2D eigenvalue weighted by Crippen LogP contribution is 2.29. The molecule has 0 amide bonds. The molecule has 1 aliphatic heterocycles. The van der Waals surface area contributed by atoms with Crippen molar-refractivity contribution in [3.8, 4) is 0 Å². The number of likely N-dealkylation sites (N-methyl/N-ethyl adjacent to an activating group) is 1. The van der Waals surface area contributed by atoms with Gasteiger partial charge in [0.2, 0.25) is 0 Å². The summed E-state index contributed by atoms with van der Waals surface area (Å²) >= 11 is 3.78. The van der Waals surface area contributed by atoms with Crippen molar-refractivity contribution in [2.75, 3.05) is 39.8 Å². The molecule has 0 N–H and O–H groups in total. The van der Waals surface area contributed by atoms with Crippen LogP contribution < -0.4 is 0 Å². The first kappa shape index (κ1) is 11.9. The van der Waals surface area contributed by atoms with E-state index in [9.17, 15) is 0 Å². The summed E-state index contributed by atoms with van der Waals surface area (Å²) in [6.07, 6.45) is 5.66. The quantitative estimate of drug-likeness (QED) is 0.713. The highest BCUT2D eigenvalue weighted by atomic mass is 79.9. The Balaban J connectivity index is 1.71. The Morgan fingerprint density at radius 1 is 1.13 bits per heavy atom. The zero-order valence-corrected chi connectivity index (χ0v) is 11.4. The first-order chi connectivity index (χ1) is 7.24. The van der Waals surface area contributed by atoms with E-state index in [-0.39, 0.29) is 0 Å². The predicted molar refractivity (Wildman–Crippen MR) is 68.6 cm³/mol. The van der Waals surface area contributed by atoms with Crippen molar-refractivity contribution >= 4 is 15.9 Å². The molecule has 2 unspecified atom stereocenters. The molecule has 1 saturated heterocycles. The molecule has 0 radical (unpaired) electrons. The van der Waals surface area contributed by atoms with E-state index >= 15 is 0 Å². The fourth-order valence-electron chi connectivity index (χ4n) is 2.79. The monoisotopic (exact) mass is 274 g/mol. The first-order valence-corrected chi connectivity index (χ1v) is 7.20. The summed E-state index contributed by atoms with van der Waals surface area (Å²) in [6.45, 7) is 6.41. The van der Waals surface area contributed by atoms with Crippen LogP contribution in [0.2, 0.25) is 0 Å². The fraction of sp³-hybridized carbons (Fsp3) is 1.00. The summed E-state index contributed by atoms with van der Waals surface area (Å²) < 4.78 is 0. The molecule has 2 fully saturated rings. The van der Waals surface area contributed by atoms with Gasteiger partial charge in [0.25, 0.3) is 0 Å². The van der Waals surface area contributed by atoms with Crippen LogP contribution in [0.4, 0.5) is 0 Å². The van der Waals surface area contributed by atoms with Crippen molar-refractivity contribution in [1.82, 2.24) is 9.80 Å². The molecule has 2 atom stereocenters. The van der Waals surface area contributed by atoms with Crippen LogP contribution in [0.5, 0.6) is 0 Å². The van der Waals surface area contributed by atoms with Gasteiger partial charge in [-0.25, -0.2) is 0 Å². The molecule has 1 heterocycles. The SMILES string of the molecule is CN1CCN(CC2CCCC(Br)C2)CC1. The highest BCUT2D eigenvalue weighted by molar-refractivity contribution is 9.09. The van der Waals surface area contributed by atoms with Crippen LogP contribution in [0.15, 0.2) is 0 Å². The summed E-state index contributed by atoms with van der Waals surface area (Å²) in [4.78, 5) is 5.89. The maximum absolute atomic E-state index is 3.78. The van der Waals surface area contributed by atoms with Crippen LogP contribution in [-0.4, -0.2) is 54.4 Å². The molecule has 0 spiro atoms. The van der Waals surface area contributed by atoms with E-state index in [2.05, 4.69) is 32.8 Å². The number of piperazine rings is 1. The van der Waals surface area contributed by atoms with Crippen LogP contribution in [0.25, 0.3) is 0 Å². The lowest BCUT2D eigenvalue weighted by Gasteiger charge is -2.36. The van der Waals surface area contributed by atoms with Crippen LogP contribution in [0, 0.1) is 5.92 Å². The van der Waals surface area contributed by atoms with Crippen LogP contribution in [0.3, 0.4) is 0 Å². The molecule has 88 valence electrons. The second-order valence-electron chi connectivity index (χ2n) is 5.23. The molecule has 15 heavy (non-hydrogen) atoms. The first-order valence-electron chi connectivity index (χ1n) is 6.29. The zero-order chi connectivity index (χ0) is 10.7. The van der Waals surface area contributed by atoms with E-state index in [1.54, 1.807) is 0 Å². The highest BCUT2D eigenvalue weighted by Gasteiger charge is 2.23. The minimum absolute atomic E-state index is 0.795. The van der Waals surface area contributed by atoms with Gasteiger partial charge in [-0.3, -0.25) is 0 Å². The van der Waals surface area contributed by atoms with Gasteiger partial charge in [0.15, 0.2) is 0 Å². The Hall–Kier alpha value is 0.400. The maximum atomic E-state index is 3.78. The zero-order valence-electron chi connectivity index (χ0n) is 9.79. The average molecular weight is 275 g/mol. The second kappa shape index (κ2) is 5.65. The largest absolute Gasteiger partial charge is 0.304 e. The molecule has 0 aromatic heterocycles. The molecule has 0 aromatic carbocycles. The summed E-state index contributed by atoms with van der Waals surface area (Å²) in [5.41, 5.74) is 0. The molecule has 2 aliphatic rings. The minimum Gasteiger partial charge on any atom is -0.304 e. The molecular weight excluding hydrogens is 252 g/mol. The van der Waals surface area contributed by atoms with Crippen LogP contribution in [-0.2, 0) is 0 Å². The van der Waals surface area contributed by atoms with Crippen molar-refractivity contribution in [3.63, 3.8) is 0 Å². The summed E-state index contributed by atoms with van der Waals surface area (Å²) in [6, 6.07) is 0. The van der Waals surface area contributed by atoms with Crippen molar-refractivity contribution in [1.29, 1.82) is 0 Å². The van der Waals surface area contributed by atoms with Gasteiger partial charge in [0.1, 0.15) is 0 Å². The molecule has 3 heteroatoms. The summed E-state index contributed by atoms with van der Waals surface area (Å²) in [5.74, 6) is 0.950. The number of rotatable bonds is 2. The lowest BCUT2D eigenvalue weighted by atomic mass is 9.88. The Morgan fingerprint density at radius 3 is 2.53 bits per heavy atom. The van der Waals surface area contributed by atoms with E-state index in [1.165, 1.54) is 58.4 Å². The van der Waals surface area contributed by atoms with Gasteiger partial charge in [0.05, 0.1) is 0 Å². The molecule has 0 aromatic rings. The lowest BCUT2D eigenvalue weighted by molar-refractivity contribution is 0.126. The fourth-order valence-corrected chi connectivity index (χ4v) is 3.64. The normalized spacial score (nSPS) is 35.6. The van der Waals surface area contributed by atoms with Gasteiger partial charge in [-0.2, -0.15) is 0 Å². The number of alkyl halides is 1. The number of nitrogens with zero attached hydrogens (tertiary/aromatic N) is 2. The van der Waals surface area contributed by atoms with Crippen LogP contribution >= 0.6 is 15.9 Å². The standard InChI is InChI=1S/C12H23BrN2/c1-14-5-7-15(8-6-14)10-11-3-2-4-12(13)9-11/h11-12H,2-10H2,1H3. The summed E-state index contributed by atoms with van der Waals surface area (Å²) in [5, 5.41) is 0. The van der Waals surface area contributed by atoms with Crippen molar-refractivity contribution in [2.24, 2.45) is 5.92 Å².